The topological polar surface area (TPSA) is 61.4 Å². The summed E-state index contributed by atoms with van der Waals surface area (Å²) in [6, 6.07) is 8.13. The molecule has 1 aromatic rings. The molecule has 2 fully saturated rings. The highest BCUT2D eigenvalue weighted by Gasteiger charge is 2.22. The van der Waals surface area contributed by atoms with E-state index in [1.54, 1.807) is 0 Å². The summed E-state index contributed by atoms with van der Waals surface area (Å²) in [5, 5.41) is 6.22. The van der Waals surface area contributed by atoms with Crippen LogP contribution in [0.15, 0.2) is 24.3 Å². The van der Waals surface area contributed by atoms with Crippen molar-refractivity contribution in [2.75, 3.05) is 19.6 Å². The van der Waals surface area contributed by atoms with Gasteiger partial charge in [-0.1, -0.05) is 24.3 Å². The molecule has 0 saturated carbocycles. The predicted octanol–water partition coefficient (Wildman–Crippen LogP) is 1.46. The fourth-order valence-corrected chi connectivity index (χ4v) is 3.14. The van der Waals surface area contributed by atoms with Crippen molar-refractivity contribution in [3.63, 3.8) is 0 Å². The molecule has 0 aromatic heterocycles. The summed E-state index contributed by atoms with van der Waals surface area (Å²) in [5.74, 6) is 0.475. The fraction of sp³-hybridized carbons (Fsp3) is 0.529. The Balaban J connectivity index is 0.00000192. The lowest BCUT2D eigenvalue weighted by atomic mass is 10.1. The third kappa shape index (κ3) is 4.69. The van der Waals surface area contributed by atoms with E-state index >= 15 is 0 Å². The first kappa shape index (κ1) is 17.8. The van der Waals surface area contributed by atoms with Crippen LogP contribution in [0.4, 0.5) is 0 Å². The third-order valence-electron chi connectivity index (χ3n) is 4.43. The molecule has 1 atom stereocenters. The van der Waals surface area contributed by atoms with Crippen LogP contribution in [-0.4, -0.2) is 36.3 Å². The average molecular weight is 338 g/mol. The number of nitrogens with one attached hydrogen (secondary N) is 2. The van der Waals surface area contributed by atoms with Crippen molar-refractivity contribution in [3.05, 3.63) is 35.4 Å². The van der Waals surface area contributed by atoms with Crippen molar-refractivity contribution in [1.82, 2.24) is 15.5 Å². The van der Waals surface area contributed by atoms with Gasteiger partial charge in [-0.15, -0.1) is 12.4 Å². The van der Waals surface area contributed by atoms with Crippen molar-refractivity contribution in [2.24, 2.45) is 5.92 Å². The van der Waals surface area contributed by atoms with Crippen LogP contribution in [0, 0.1) is 5.92 Å². The van der Waals surface area contributed by atoms with E-state index < -0.39 is 0 Å². The monoisotopic (exact) mass is 337 g/mol. The van der Waals surface area contributed by atoms with E-state index in [4.69, 9.17) is 0 Å². The number of hydrogen-bond donors (Lipinski definition) is 2. The molecule has 126 valence electrons. The normalized spacial score (nSPS) is 20.4. The molecule has 2 aliphatic rings. The summed E-state index contributed by atoms with van der Waals surface area (Å²) in [4.78, 5) is 25.6. The smallest absolute Gasteiger partial charge is 0.224 e. The summed E-state index contributed by atoms with van der Waals surface area (Å²) in [6.45, 7) is 3.79. The summed E-state index contributed by atoms with van der Waals surface area (Å²) in [7, 11) is 0. The first-order valence-electron chi connectivity index (χ1n) is 8.06. The van der Waals surface area contributed by atoms with Gasteiger partial charge in [0.1, 0.15) is 0 Å². The molecule has 23 heavy (non-hydrogen) atoms. The second-order valence-electron chi connectivity index (χ2n) is 6.15. The second kappa shape index (κ2) is 8.31. The van der Waals surface area contributed by atoms with Gasteiger partial charge < -0.3 is 15.5 Å². The molecule has 0 radical (unpaired) electrons. The Morgan fingerprint density at radius 1 is 1.35 bits per heavy atom. The van der Waals surface area contributed by atoms with Crippen LogP contribution < -0.4 is 10.6 Å². The Morgan fingerprint density at radius 2 is 2.17 bits per heavy atom. The maximum atomic E-state index is 12.0. The quantitative estimate of drug-likeness (QED) is 0.855. The molecule has 2 saturated heterocycles. The zero-order valence-corrected chi connectivity index (χ0v) is 14.0. The van der Waals surface area contributed by atoms with Crippen molar-refractivity contribution < 1.29 is 9.59 Å². The lowest BCUT2D eigenvalue weighted by Gasteiger charge is -2.16. The molecule has 0 aliphatic carbocycles. The zero-order chi connectivity index (χ0) is 15.4. The Morgan fingerprint density at radius 3 is 2.87 bits per heavy atom. The highest BCUT2D eigenvalue weighted by molar-refractivity contribution is 5.85. The van der Waals surface area contributed by atoms with Gasteiger partial charge in [-0.3, -0.25) is 9.59 Å². The Bertz CT molecular complexity index is 559. The summed E-state index contributed by atoms with van der Waals surface area (Å²) in [5.41, 5.74) is 2.22. The highest BCUT2D eigenvalue weighted by atomic mass is 35.5. The van der Waals surface area contributed by atoms with Crippen LogP contribution in [0.5, 0.6) is 0 Å². The van der Waals surface area contributed by atoms with Gasteiger partial charge >= 0.3 is 0 Å². The van der Waals surface area contributed by atoms with E-state index in [1.807, 2.05) is 23.1 Å². The number of halogens is 1. The van der Waals surface area contributed by atoms with Gasteiger partial charge in [-0.2, -0.15) is 0 Å². The van der Waals surface area contributed by atoms with Gasteiger partial charge in [0, 0.05) is 32.6 Å². The number of nitrogens with zero attached hydrogens (tertiary/aromatic N) is 1. The Labute approximate surface area is 143 Å². The molecular weight excluding hydrogens is 314 g/mol. The number of rotatable bonds is 5. The van der Waals surface area contributed by atoms with Gasteiger partial charge in [-0.25, -0.2) is 0 Å². The summed E-state index contributed by atoms with van der Waals surface area (Å²) < 4.78 is 0. The van der Waals surface area contributed by atoms with E-state index in [2.05, 4.69) is 16.7 Å². The minimum atomic E-state index is 0. The molecule has 1 aromatic carbocycles. The average Bonchev–Trinajstić information content (AvgIpc) is 3.18. The number of carbonyl (C=O) groups is 2. The van der Waals surface area contributed by atoms with E-state index in [0.29, 0.717) is 19.5 Å². The Kier molecular flexibility index (Phi) is 6.42. The molecule has 2 amide bonds. The first-order valence-corrected chi connectivity index (χ1v) is 8.06. The molecule has 6 heteroatoms. The molecular formula is C17H24ClN3O2. The van der Waals surface area contributed by atoms with Crippen LogP contribution in [0.1, 0.15) is 30.4 Å². The van der Waals surface area contributed by atoms with Crippen LogP contribution in [0.3, 0.4) is 0 Å². The van der Waals surface area contributed by atoms with Crippen LogP contribution >= 0.6 is 12.4 Å². The van der Waals surface area contributed by atoms with Gasteiger partial charge in [0.15, 0.2) is 0 Å². The van der Waals surface area contributed by atoms with Gasteiger partial charge in [0.25, 0.3) is 0 Å². The molecule has 1 unspecified atom stereocenters. The zero-order valence-electron chi connectivity index (χ0n) is 13.2. The SMILES string of the molecule is Cl.O=C(NCc1cccc(CN2CCCC2=O)c1)C1CCNC1. The fourth-order valence-electron chi connectivity index (χ4n) is 3.14. The minimum absolute atomic E-state index is 0. The van der Waals surface area contributed by atoms with Crippen LogP contribution in [-0.2, 0) is 22.7 Å². The number of benzene rings is 1. The maximum Gasteiger partial charge on any atom is 0.224 e. The number of likely N-dealkylation sites (tertiary alicyclic amines) is 1. The standard InChI is InChI=1S/C17H23N3O2.ClH/c21-16-5-2-8-20(16)12-14-4-1-3-13(9-14)10-19-17(22)15-6-7-18-11-15;/h1,3-4,9,15,18H,2,5-8,10-12H2,(H,19,22);1H. The number of hydrogen-bond acceptors (Lipinski definition) is 3. The molecule has 0 spiro atoms. The second-order valence-corrected chi connectivity index (χ2v) is 6.15. The van der Waals surface area contributed by atoms with Crippen molar-refractivity contribution >= 4 is 24.2 Å². The molecule has 0 bridgehead atoms. The third-order valence-corrected chi connectivity index (χ3v) is 4.43. The highest BCUT2D eigenvalue weighted by Crippen LogP contribution is 2.15. The van der Waals surface area contributed by atoms with Crippen molar-refractivity contribution in [2.45, 2.75) is 32.4 Å². The molecule has 5 nitrogen and oxygen atoms in total. The lowest BCUT2D eigenvalue weighted by molar-refractivity contribution is -0.128. The van der Waals surface area contributed by atoms with Gasteiger partial charge in [-0.05, 0) is 30.5 Å². The van der Waals surface area contributed by atoms with E-state index in [1.165, 1.54) is 0 Å². The van der Waals surface area contributed by atoms with Gasteiger partial charge in [0.05, 0.1) is 5.92 Å². The summed E-state index contributed by atoms with van der Waals surface area (Å²) >= 11 is 0. The van der Waals surface area contributed by atoms with E-state index in [9.17, 15) is 9.59 Å². The number of amides is 2. The molecule has 2 N–H and O–H groups in total. The number of carbonyl (C=O) groups excluding carboxylic acids is 2. The summed E-state index contributed by atoms with van der Waals surface area (Å²) in [6.07, 6.45) is 2.55. The van der Waals surface area contributed by atoms with Gasteiger partial charge in [0.2, 0.25) is 11.8 Å². The molecule has 2 heterocycles. The van der Waals surface area contributed by atoms with Crippen molar-refractivity contribution in [3.8, 4) is 0 Å². The lowest BCUT2D eigenvalue weighted by Crippen LogP contribution is -2.31. The molecule has 2 aliphatic heterocycles. The van der Waals surface area contributed by atoms with E-state index in [0.717, 1.165) is 43.6 Å². The largest absolute Gasteiger partial charge is 0.352 e. The first-order chi connectivity index (χ1) is 10.7. The minimum Gasteiger partial charge on any atom is -0.352 e. The van der Waals surface area contributed by atoms with Crippen LogP contribution in [0.25, 0.3) is 0 Å². The maximum absolute atomic E-state index is 12.0. The predicted molar refractivity (Wildman–Crippen MR) is 91.2 cm³/mol. The molecule has 3 rings (SSSR count). The van der Waals surface area contributed by atoms with Crippen LogP contribution in [0.2, 0.25) is 0 Å². The Hall–Kier alpha value is -1.59. The van der Waals surface area contributed by atoms with E-state index in [-0.39, 0.29) is 30.1 Å². The van der Waals surface area contributed by atoms with Crippen molar-refractivity contribution in [1.29, 1.82) is 0 Å².